The molecule has 1 saturated heterocycles. The van der Waals surface area contributed by atoms with Gasteiger partial charge in [0.15, 0.2) is 0 Å². The number of anilines is 2. The Balaban J connectivity index is 1.33. The van der Waals surface area contributed by atoms with Gasteiger partial charge in [-0.3, -0.25) is 19.4 Å². The lowest BCUT2D eigenvalue weighted by molar-refractivity contribution is -0.112. The molecule has 2 aliphatic heterocycles. The van der Waals surface area contributed by atoms with Gasteiger partial charge in [0.05, 0.1) is 30.7 Å². The second kappa shape index (κ2) is 11.2. The SMILES string of the molecule is COC(=O)c1ccc(NC(=O)c2ccc(N=C3C(=O)N(CN4CCCCC4)c4ccc(Cl)cc43)cc2)cc1. The van der Waals surface area contributed by atoms with Crippen molar-refractivity contribution in [3.8, 4) is 0 Å². The Labute approximate surface area is 225 Å². The van der Waals surface area contributed by atoms with Crippen LogP contribution in [0.5, 0.6) is 0 Å². The van der Waals surface area contributed by atoms with Crippen molar-refractivity contribution in [2.75, 3.05) is 37.1 Å². The predicted octanol–water partition coefficient (Wildman–Crippen LogP) is 5.29. The molecule has 1 fully saturated rings. The molecule has 0 atom stereocenters. The fourth-order valence-corrected chi connectivity index (χ4v) is 4.83. The molecule has 0 saturated carbocycles. The van der Waals surface area contributed by atoms with Crippen LogP contribution >= 0.6 is 11.6 Å². The minimum Gasteiger partial charge on any atom is -0.465 e. The Morgan fingerprint density at radius 3 is 2.32 bits per heavy atom. The van der Waals surface area contributed by atoms with Crippen molar-refractivity contribution in [3.05, 3.63) is 88.4 Å². The molecule has 2 aliphatic rings. The second-order valence-corrected chi connectivity index (χ2v) is 9.68. The summed E-state index contributed by atoms with van der Waals surface area (Å²) in [6.07, 6.45) is 3.49. The lowest BCUT2D eigenvalue weighted by atomic mass is 10.1. The van der Waals surface area contributed by atoms with Crippen LogP contribution in [0, 0.1) is 0 Å². The van der Waals surface area contributed by atoms with E-state index in [2.05, 4.69) is 19.9 Å². The number of carbonyl (C=O) groups excluding carboxylic acids is 3. The van der Waals surface area contributed by atoms with Gasteiger partial charge in [-0.15, -0.1) is 0 Å². The molecule has 2 heterocycles. The number of amides is 2. The van der Waals surface area contributed by atoms with Gasteiger partial charge in [-0.25, -0.2) is 9.79 Å². The van der Waals surface area contributed by atoms with E-state index in [1.165, 1.54) is 13.5 Å². The van der Waals surface area contributed by atoms with Crippen molar-refractivity contribution < 1.29 is 19.1 Å². The Bertz CT molecular complexity index is 1400. The van der Waals surface area contributed by atoms with Crippen LogP contribution in [0.4, 0.5) is 17.1 Å². The Kier molecular flexibility index (Phi) is 7.53. The second-order valence-electron chi connectivity index (χ2n) is 9.25. The van der Waals surface area contributed by atoms with Gasteiger partial charge in [0.1, 0.15) is 5.71 Å². The highest BCUT2D eigenvalue weighted by molar-refractivity contribution is 6.55. The number of ether oxygens (including phenoxy) is 1. The first-order valence-corrected chi connectivity index (χ1v) is 12.8. The smallest absolute Gasteiger partial charge is 0.337 e. The van der Waals surface area contributed by atoms with Gasteiger partial charge in [-0.2, -0.15) is 0 Å². The molecule has 5 rings (SSSR count). The third-order valence-electron chi connectivity index (χ3n) is 6.68. The zero-order chi connectivity index (χ0) is 26.6. The number of methoxy groups -OCH3 is 1. The summed E-state index contributed by atoms with van der Waals surface area (Å²) in [5.74, 6) is -0.915. The number of nitrogens with zero attached hydrogens (tertiary/aromatic N) is 3. The number of esters is 1. The first-order chi connectivity index (χ1) is 18.4. The van der Waals surface area contributed by atoms with E-state index in [9.17, 15) is 14.4 Å². The maximum atomic E-state index is 13.4. The summed E-state index contributed by atoms with van der Waals surface area (Å²) >= 11 is 6.27. The van der Waals surface area contributed by atoms with Gasteiger partial charge in [0.25, 0.3) is 11.8 Å². The quantitative estimate of drug-likeness (QED) is 0.437. The largest absolute Gasteiger partial charge is 0.465 e. The number of hydrogen-bond acceptors (Lipinski definition) is 6. The highest BCUT2D eigenvalue weighted by atomic mass is 35.5. The normalized spacial score (nSPS) is 16.4. The van der Waals surface area contributed by atoms with Crippen molar-refractivity contribution in [3.63, 3.8) is 0 Å². The topological polar surface area (TPSA) is 91.3 Å². The number of benzene rings is 3. The summed E-state index contributed by atoms with van der Waals surface area (Å²) in [5.41, 5.74) is 3.77. The van der Waals surface area contributed by atoms with Crippen molar-refractivity contribution in [2.24, 2.45) is 4.99 Å². The van der Waals surface area contributed by atoms with E-state index in [0.717, 1.165) is 31.6 Å². The average Bonchev–Trinajstić information content (AvgIpc) is 3.19. The molecule has 8 nitrogen and oxygen atoms in total. The van der Waals surface area contributed by atoms with Gasteiger partial charge >= 0.3 is 5.97 Å². The van der Waals surface area contributed by atoms with Crippen LogP contribution in [0.3, 0.4) is 0 Å². The summed E-state index contributed by atoms with van der Waals surface area (Å²) in [6.45, 7) is 2.46. The molecule has 0 unspecified atom stereocenters. The molecule has 0 spiro atoms. The Morgan fingerprint density at radius 2 is 1.63 bits per heavy atom. The Morgan fingerprint density at radius 1 is 0.947 bits per heavy atom. The summed E-state index contributed by atoms with van der Waals surface area (Å²) in [4.78, 5) is 46.5. The first-order valence-electron chi connectivity index (χ1n) is 12.5. The number of nitrogens with one attached hydrogen (secondary N) is 1. The standard InChI is InChI=1S/C29H27ClN4O4/c1-38-29(37)20-7-12-23(13-8-20)32-27(35)19-5-10-22(11-6-19)31-26-24-17-21(30)9-14-25(24)34(28(26)36)18-33-15-3-2-4-16-33/h5-14,17H,2-4,15-16,18H2,1H3,(H,32,35). The monoisotopic (exact) mass is 530 g/mol. The average molecular weight is 531 g/mol. The lowest BCUT2D eigenvalue weighted by Crippen LogP contribution is -2.43. The number of likely N-dealkylation sites (tertiary alicyclic amines) is 1. The molecule has 2 amide bonds. The molecule has 0 bridgehead atoms. The number of fused-ring (bicyclic) bond motifs is 1. The first kappa shape index (κ1) is 25.6. The molecule has 194 valence electrons. The van der Waals surface area contributed by atoms with Gasteiger partial charge in [0, 0.05) is 21.8 Å². The third-order valence-corrected chi connectivity index (χ3v) is 6.91. The fraction of sp³-hybridized carbons (Fsp3) is 0.241. The van der Waals surface area contributed by atoms with E-state index in [4.69, 9.17) is 11.6 Å². The van der Waals surface area contributed by atoms with Crippen LogP contribution in [0.25, 0.3) is 0 Å². The van der Waals surface area contributed by atoms with E-state index >= 15 is 0 Å². The van der Waals surface area contributed by atoms with E-state index < -0.39 is 5.97 Å². The highest BCUT2D eigenvalue weighted by Gasteiger charge is 2.35. The molecular formula is C29H27ClN4O4. The molecule has 0 aromatic heterocycles. The van der Waals surface area contributed by atoms with Crippen LogP contribution in [0.1, 0.15) is 45.5 Å². The maximum Gasteiger partial charge on any atom is 0.337 e. The number of aliphatic imine (C=N–C) groups is 1. The molecule has 0 aliphatic carbocycles. The third kappa shape index (κ3) is 5.46. The number of piperidine rings is 1. The number of rotatable bonds is 6. The van der Waals surface area contributed by atoms with Crippen molar-refractivity contribution >= 4 is 52.2 Å². The van der Waals surface area contributed by atoms with Crippen LogP contribution < -0.4 is 10.2 Å². The van der Waals surface area contributed by atoms with Gasteiger partial charge in [-0.1, -0.05) is 18.0 Å². The van der Waals surface area contributed by atoms with Crippen LogP contribution in [-0.4, -0.2) is 55.3 Å². The van der Waals surface area contributed by atoms with E-state index in [-0.39, 0.29) is 11.8 Å². The van der Waals surface area contributed by atoms with Crippen molar-refractivity contribution in [1.29, 1.82) is 0 Å². The summed E-state index contributed by atoms with van der Waals surface area (Å²) < 4.78 is 4.69. The number of carbonyl (C=O) groups is 3. The Hall–Kier alpha value is -4.01. The minimum absolute atomic E-state index is 0.162. The van der Waals surface area contributed by atoms with E-state index in [1.54, 1.807) is 65.6 Å². The van der Waals surface area contributed by atoms with Crippen molar-refractivity contribution in [2.45, 2.75) is 19.3 Å². The molecule has 3 aromatic carbocycles. The maximum absolute atomic E-state index is 13.4. The van der Waals surface area contributed by atoms with E-state index in [0.29, 0.717) is 45.5 Å². The van der Waals surface area contributed by atoms with Gasteiger partial charge in [0.2, 0.25) is 0 Å². The van der Waals surface area contributed by atoms with Crippen LogP contribution in [0.15, 0.2) is 71.7 Å². The van der Waals surface area contributed by atoms with Crippen molar-refractivity contribution in [1.82, 2.24) is 4.90 Å². The molecule has 9 heteroatoms. The van der Waals surface area contributed by atoms with Crippen LogP contribution in [0.2, 0.25) is 5.02 Å². The predicted molar refractivity (Wildman–Crippen MR) is 148 cm³/mol. The summed E-state index contributed by atoms with van der Waals surface area (Å²) in [5, 5.41) is 3.34. The molecule has 38 heavy (non-hydrogen) atoms. The van der Waals surface area contributed by atoms with Gasteiger partial charge < -0.3 is 10.1 Å². The minimum atomic E-state index is -0.444. The number of halogens is 1. The summed E-state index contributed by atoms with van der Waals surface area (Å²) in [6, 6.07) is 18.6. The zero-order valence-electron chi connectivity index (χ0n) is 20.9. The molecule has 1 N–H and O–H groups in total. The molecule has 0 radical (unpaired) electrons. The lowest BCUT2D eigenvalue weighted by Gasteiger charge is -2.30. The van der Waals surface area contributed by atoms with Crippen LogP contribution in [-0.2, 0) is 9.53 Å². The number of hydrogen-bond donors (Lipinski definition) is 1. The highest BCUT2D eigenvalue weighted by Crippen LogP contribution is 2.33. The molecule has 3 aromatic rings. The zero-order valence-corrected chi connectivity index (χ0v) is 21.7. The summed E-state index contributed by atoms with van der Waals surface area (Å²) in [7, 11) is 1.31. The van der Waals surface area contributed by atoms with E-state index in [1.807, 2.05) is 6.07 Å². The molecular weight excluding hydrogens is 504 g/mol. The van der Waals surface area contributed by atoms with Gasteiger partial charge in [-0.05, 0) is 92.7 Å². The fourth-order valence-electron chi connectivity index (χ4n) is 4.66.